The summed E-state index contributed by atoms with van der Waals surface area (Å²) in [6, 6.07) is 8.47. The van der Waals surface area contributed by atoms with E-state index in [-0.39, 0.29) is 40.7 Å². The molecule has 0 amide bonds. The first-order valence-corrected chi connectivity index (χ1v) is 27.2. The Morgan fingerprint density at radius 1 is 0.671 bits per heavy atom. The molecule has 0 bridgehead atoms. The summed E-state index contributed by atoms with van der Waals surface area (Å²) in [5.74, 6) is 0.434. The molecule has 2 aliphatic rings. The molecule has 0 aliphatic carbocycles. The predicted octanol–water partition coefficient (Wildman–Crippen LogP) is 7.87. The van der Waals surface area contributed by atoms with Crippen LogP contribution in [0.5, 0.6) is 0 Å². The Morgan fingerprint density at radius 3 is 1.73 bits per heavy atom. The predicted molar refractivity (Wildman–Crippen MR) is 306 cm³/mol. The van der Waals surface area contributed by atoms with Crippen LogP contribution in [-0.2, 0) is 19.6 Å². The summed E-state index contributed by atoms with van der Waals surface area (Å²) in [7, 11) is 2.24. The topological polar surface area (TPSA) is 213 Å². The number of H-pyrrole nitrogens is 1. The Kier molecular flexibility index (Phi) is 17.2. The first-order chi connectivity index (χ1) is 35.1. The highest BCUT2D eigenvalue weighted by atomic mass is 127. The van der Waals surface area contributed by atoms with Crippen molar-refractivity contribution in [3.63, 3.8) is 0 Å². The van der Waals surface area contributed by atoms with Gasteiger partial charge in [0.2, 0.25) is 16.2 Å². The number of halogens is 1. The number of allylic oxidation sites excluding steroid dienone is 3. The van der Waals surface area contributed by atoms with Crippen LogP contribution in [0.2, 0.25) is 0 Å². The minimum Gasteiger partial charge on any atom is -0.371 e. The lowest BCUT2D eigenvalue weighted by Crippen LogP contribution is -2.46. The van der Waals surface area contributed by atoms with E-state index in [9.17, 15) is 14.4 Å². The number of aromatic nitrogens is 14. The van der Waals surface area contributed by atoms with Crippen LogP contribution in [0.3, 0.4) is 0 Å². The van der Waals surface area contributed by atoms with Gasteiger partial charge in [-0.15, -0.1) is 66.4 Å². The van der Waals surface area contributed by atoms with E-state index >= 15 is 0 Å². The third-order valence-corrected chi connectivity index (χ3v) is 15.3. The first-order valence-electron chi connectivity index (χ1n) is 23.0. The molecule has 2 N–H and O–H groups in total. The quantitative estimate of drug-likeness (QED) is 0.0486. The third-order valence-electron chi connectivity index (χ3n) is 12.7. The average molecular weight is 1170 g/mol. The molecule has 2 fully saturated rings. The van der Waals surface area contributed by atoms with Gasteiger partial charge in [-0.3, -0.25) is 19.5 Å². The van der Waals surface area contributed by atoms with Crippen LogP contribution >= 0.6 is 70.2 Å². The molecule has 9 aromatic rings. The molecule has 25 heteroatoms. The molecule has 0 atom stereocenters. The monoisotopic (exact) mass is 1170 g/mol. The lowest BCUT2D eigenvalue weighted by molar-refractivity contribution is 0.0945. The zero-order valence-electron chi connectivity index (χ0n) is 40.5. The molecule has 1 spiro atoms. The Morgan fingerprint density at radius 2 is 1.19 bits per heavy atom. The summed E-state index contributed by atoms with van der Waals surface area (Å²) < 4.78 is 8.07. The standard InChI is InChI=1S/C27H32N8OS.C12H11N5OS2.C9H10N4OS.HI/c1-3-13-34-24(36)22-19-29-25(31-23(22)35(34)26-28-12-18-37-26)30-20-4-6-21(7-5-20)33-16-10-27(11-17-33)8-14-32(2)15-9-27;1-3-5-16-10(18)8-7-14-11(19-2)15-9(8)17(16)12-13-4-6-20-12;1-3-4-13-8(14)6-5-10-9(15-2)11-7(6)12-13;/h3-7,12,18-19H,1,8-11,13-17H2,2H3,(H,29,30,31);3-4,6-7H,1,5H2,2H3;3,5H,1,4H2,2H3,(H,10,11,12);1H. The van der Waals surface area contributed by atoms with Gasteiger partial charge in [-0.1, -0.05) is 41.8 Å². The molecule has 11 rings (SSSR count). The van der Waals surface area contributed by atoms with E-state index in [1.807, 2.05) is 23.3 Å². The van der Waals surface area contributed by atoms with Crippen LogP contribution in [0.15, 0.2) is 129 Å². The van der Waals surface area contributed by atoms with Crippen molar-refractivity contribution in [2.75, 3.05) is 56.0 Å². The summed E-state index contributed by atoms with van der Waals surface area (Å²) in [6.45, 7) is 16.9. The minimum absolute atomic E-state index is 0. The average Bonchev–Trinajstić information content (AvgIpc) is 4.27. The van der Waals surface area contributed by atoms with Crippen LogP contribution in [0.1, 0.15) is 25.7 Å². The molecular formula is C48H54IN17O3S4. The molecule has 10 heterocycles. The number of fused-ring (bicyclic) bond motifs is 3. The van der Waals surface area contributed by atoms with Gasteiger partial charge in [0.05, 0.1) is 19.6 Å². The Hall–Kier alpha value is -6.26. The fourth-order valence-corrected chi connectivity index (χ4v) is 10.8. The highest BCUT2D eigenvalue weighted by Crippen LogP contribution is 2.42. The summed E-state index contributed by atoms with van der Waals surface area (Å²) >= 11 is 5.77. The van der Waals surface area contributed by atoms with Crippen molar-refractivity contribution < 1.29 is 0 Å². The molecule has 20 nitrogen and oxygen atoms in total. The lowest BCUT2D eigenvalue weighted by atomic mass is 9.71. The fraction of sp³-hybridized carbons (Fsp3) is 0.312. The van der Waals surface area contributed by atoms with Crippen molar-refractivity contribution in [3.05, 3.63) is 135 Å². The first kappa shape index (κ1) is 53.0. The third kappa shape index (κ3) is 11.3. The van der Waals surface area contributed by atoms with Gasteiger partial charge in [-0.05, 0) is 88.0 Å². The van der Waals surface area contributed by atoms with Crippen molar-refractivity contribution in [2.24, 2.45) is 5.41 Å². The van der Waals surface area contributed by atoms with E-state index in [1.165, 1.54) is 95.3 Å². The molecule has 380 valence electrons. The van der Waals surface area contributed by atoms with Crippen molar-refractivity contribution >= 4 is 121 Å². The number of nitrogens with zero attached hydrogens (tertiary/aromatic N) is 15. The minimum atomic E-state index is -0.162. The summed E-state index contributed by atoms with van der Waals surface area (Å²) in [6.07, 6.45) is 22.1. The zero-order chi connectivity index (χ0) is 50.4. The maximum atomic E-state index is 13.0. The number of benzene rings is 1. The van der Waals surface area contributed by atoms with Crippen molar-refractivity contribution in [1.29, 1.82) is 0 Å². The van der Waals surface area contributed by atoms with Crippen molar-refractivity contribution in [3.8, 4) is 10.3 Å². The Bertz CT molecular complexity index is 3530. The summed E-state index contributed by atoms with van der Waals surface area (Å²) in [4.78, 5) is 76.7. The summed E-state index contributed by atoms with van der Waals surface area (Å²) in [5, 5.41) is 14.0. The largest absolute Gasteiger partial charge is 0.371 e. The fourth-order valence-electron chi connectivity index (χ4n) is 8.81. The number of aromatic amines is 1. The van der Waals surface area contributed by atoms with Gasteiger partial charge in [0.25, 0.3) is 16.7 Å². The number of nitrogens with one attached hydrogen (secondary N) is 2. The van der Waals surface area contributed by atoms with E-state index in [1.54, 1.807) is 67.9 Å². The zero-order valence-corrected chi connectivity index (χ0v) is 46.1. The maximum absolute atomic E-state index is 13.0. The number of likely N-dealkylation sites (tertiary alicyclic amines) is 1. The molecule has 1 aromatic carbocycles. The van der Waals surface area contributed by atoms with Gasteiger partial charge >= 0.3 is 0 Å². The molecular weight excluding hydrogens is 1120 g/mol. The molecule has 0 unspecified atom stereocenters. The van der Waals surface area contributed by atoms with Crippen LogP contribution < -0.4 is 26.9 Å². The number of anilines is 3. The van der Waals surface area contributed by atoms with Crippen LogP contribution in [0, 0.1) is 5.41 Å². The van der Waals surface area contributed by atoms with E-state index in [4.69, 9.17) is 4.98 Å². The van der Waals surface area contributed by atoms with Crippen LogP contribution in [0.25, 0.3) is 43.4 Å². The Labute approximate surface area is 453 Å². The van der Waals surface area contributed by atoms with E-state index in [2.05, 4.69) is 106 Å². The second kappa shape index (κ2) is 23.7. The molecule has 2 saturated heterocycles. The van der Waals surface area contributed by atoms with Gasteiger partial charge in [-0.25, -0.2) is 58.3 Å². The van der Waals surface area contributed by atoms with Crippen molar-refractivity contribution in [2.45, 2.75) is 55.6 Å². The second-order valence-corrected chi connectivity index (χ2v) is 20.3. The molecule has 8 aromatic heterocycles. The van der Waals surface area contributed by atoms with E-state index in [0.29, 0.717) is 84.7 Å². The van der Waals surface area contributed by atoms with Gasteiger partial charge in [-0.2, -0.15) is 4.98 Å². The van der Waals surface area contributed by atoms with Gasteiger partial charge < -0.3 is 15.1 Å². The SMILES string of the molecule is C=CCn1[nH]c2nc(SC)ncc2c1=O.C=CCn1c(=O)c2cnc(Nc3ccc(N4CCC5(CCN(C)CC5)CC4)cc3)nc2n1-c1nccs1.C=CCn1c(=O)c2cnc(SC)nc2n1-c1nccs1.I. The van der Waals surface area contributed by atoms with Gasteiger partial charge in [0.1, 0.15) is 16.2 Å². The van der Waals surface area contributed by atoms with Crippen molar-refractivity contribution in [1.82, 2.24) is 73.3 Å². The smallest absolute Gasteiger partial charge is 0.278 e. The van der Waals surface area contributed by atoms with Crippen LogP contribution in [-0.4, -0.2) is 119 Å². The highest BCUT2D eigenvalue weighted by Gasteiger charge is 2.37. The highest BCUT2D eigenvalue weighted by molar-refractivity contribution is 14.0. The number of thioether (sulfide) groups is 2. The number of hydrogen-bond acceptors (Lipinski definition) is 18. The maximum Gasteiger partial charge on any atom is 0.278 e. The number of hydrogen-bond donors (Lipinski definition) is 2. The molecule has 73 heavy (non-hydrogen) atoms. The molecule has 0 saturated carbocycles. The van der Waals surface area contributed by atoms with E-state index < -0.39 is 0 Å². The van der Waals surface area contributed by atoms with Gasteiger partial charge in [0, 0.05) is 66.2 Å². The second-order valence-electron chi connectivity index (χ2n) is 17.0. The van der Waals surface area contributed by atoms with Gasteiger partial charge in [0.15, 0.2) is 27.3 Å². The van der Waals surface area contributed by atoms with E-state index in [0.717, 1.165) is 18.8 Å². The Balaban J connectivity index is 0.000000165. The molecule has 2 aliphatic heterocycles. The molecule has 0 radical (unpaired) electrons. The number of rotatable bonds is 13. The summed E-state index contributed by atoms with van der Waals surface area (Å²) in [5.41, 5.74) is 3.96. The lowest BCUT2D eigenvalue weighted by Gasteiger charge is -2.46. The normalized spacial score (nSPS) is 14.3. The number of thiazole rings is 2. The number of piperidine rings is 2. The van der Waals surface area contributed by atoms with Crippen LogP contribution in [0.4, 0.5) is 17.3 Å².